The Hall–Kier alpha value is -2.50. The number of nitriles is 1. The molecule has 0 aliphatic rings. The number of aryl methyl sites for hydroxylation is 2. The van der Waals surface area contributed by atoms with Crippen molar-refractivity contribution in [1.29, 1.82) is 5.26 Å². The highest BCUT2D eigenvalue weighted by Gasteiger charge is 2.19. The number of nitrogens with zero attached hydrogens (tertiary/aromatic N) is 1. The quantitative estimate of drug-likeness (QED) is 0.209. The first-order valence-corrected chi connectivity index (χ1v) is 12.6. The number of anilines is 1. The van der Waals surface area contributed by atoms with E-state index in [0.29, 0.717) is 41.7 Å². The van der Waals surface area contributed by atoms with E-state index >= 15 is 0 Å². The minimum Gasteiger partial charge on any atom is -0.493 e. The van der Waals surface area contributed by atoms with Crippen LogP contribution in [-0.4, -0.2) is 13.0 Å². The minimum atomic E-state index is -0.514. The molecule has 0 fully saturated rings. The maximum atomic E-state index is 12.8. The van der Waals surface area contributed by atoms with Crippen LogP contribution in [0.4, 0.5) is 5.69 Å². The predicted molar refractivity (Wildman–Crippen MR) is 147 cm³/mol. The molecule has 180 valence electrons. The van der Waals surface area contributed by atoms with Crippen LogP contribution in [0.15, 0.2) is 57.0 Å². The third-order valence-electron chi connectivity index (χ3n) is 4.89. The lowest BCUT2D eigenvalue weighted by Gasteiger charge is -2.16. The fourth-order valence-electron chi connectivity index (χ4n) is 3.33. The summed E-state index contributed by atoms with van der Waals surface area (Å²) < 4.78 is 12.7. The molecule has 1 amide bonds. The summed E-state index contributed by atoms with van der Waals surface area (Å²) in [7, 11) is 1.51. The molecule has 5 nitrogen and oxygen atoms in total. The minimum absolute atomic E-state index is 0.0664. The van der Waals surface area contributed by atoms with Crippen LogP contribution in [0, 0.1) is 25.2 Å². The van der Waals surface area contributed by atoms with Crippen LogP contribution in [0.3, 0.4) is 0 Å². The zero-order chi connectivity index (χ0) is 25.7. The van der Waals surface area contributed by atoms with Gasteiger partial charge in [-0.1, -0.05) is 35.3 Å². The first-order valence-electron chi connectivity index (χ1n) is 10.3. The maximum Gasteiger partial charge on any atom is 0.266 e. The van der Waals surface area contributed by atoms with Crippen LogP contribution >= 0.6 is 55.1 Å². The summed E-state index contributed by atoms with van der Waals surface area (Å²) in [6.07, 6.45) is 1.48. The van der Waals surface area contributed by atoms with E-state index in [9.17, 15) is 10.1 Å². The molecular formula is C26H20Br2Cl2N2O3. The Kier molecular flexibility index (Phi) is 9.26. The van der Waals surface area contributed by atoms with E-state index in [2.05, 4.69) is 37.2 Å². The van der Waals surface area contributed by atoms with Gasteiger partial charge in [0.2, 0.25) is 0 Å². The number of hydrogen-bond acceptors (Lipinski definition) is 4. The van der Waals surface area contributed by atoms with E-state index in [0.717, 1.165) is 16.7 Å². The zero-order valence-corrected chi connectivity index (χ0v) is 23.7. The second-order valence-electron chi connectivity index (χ2n) is 7.66. The molecule has 0 heterocycles. The molecule has 0 saturated carbocycles. The number of hydrogen-bond donors (Lipinski definition) is 1. The van der Waals surface area contributed by atoms with Crippen molar-refractivity contribution in [2.75, 3.05) is 12.4 Å². The Bertz CT molecular complexity index is 1350. The number of amides is 1. The molecule has 35 heavy (non-hydrogen) atoms. The average Bonchev–Trinajstić information content (AvgIpc) is 2.80. The van der Waals surface area contributed by atoms with Crippen LogP contribution < -0.4 is 14.8 Å². The fourth-order valence-corrected chi connectivity index (χ4v) is 4.60. The van der Waals surface area contributed by atoms with Gasteiger partial charge in [-0.25, -0.2) is 0 Å². The first-order chi connectivity index (χ1) is 16.6. The fraction of sp³-hybridized carbons (Fsp3) is 0.154. The number of ether oxygens (including phenoxy) is 2. The van der Waals surface area contributed by atoms with E-state index < -0.39 is 5.91 Å². The van der Waals surface area contributed by atoms with Gasteiger partial charge in [0.05, 0.1) is 21.6 Å². The summed E-state index contributed by atoms with van der Waals surface area (Å²) in [6, 6.07) is 14.6. The number of nitrogens with one attached hydrogen (secondary N) is 1. The van der Waals surface area contributed by atoms with Crippen molar-refractivity contribution in [1.82, 2.24) is 0 Å². The van der Waals surface area contributed by atoms with Gasteiger partial charge in [0, 0.05) is 10.2 Å². The normalized spacial score (nSPS) is 11.1. The number of benzene rings is 3. The molecule has 9 heteroatoms. The second-order valence-corrected chi connectivity index (χ2v) is 10.1. The Morgan fingerprint density at radius 1 is 1.06 bits per heavy atom. The van der Waals surface area contributed by atoms with Crippen molar-refractivity contribution in [3.63, 3.8) is 0 Å². The van der Waals surface area contributed by atoms with Crippen LogP contribution in [0.5, 0.6) is 11.5 Å². The summed E-state index contributed by atoms with van der Waals surface area (Å²) in [5, 5.41) is 13.3. The van der Waals surface area contributed by atoms with Crippen molar-refractivity contribution in [2.24, 2.45) is 0 Å². The van der Waals surface area contributed by atoms with E-state index in [-0.39, 0.29) is 12.2 Å². The van der Waals surface area contributed by atoms with E-state index in [1.807, 2.05) is 44.2 Å². The third kappa shape index (κ3) is 6.80. The zero-order valence-electron chi connectivity index (χ0n) is 19.0. The molecule has 0 aliphatic heterocycles. The van der Waals surface area contributed by atoms with Crippen molar-refractivity contribution >= 4 is 72.7 Å². The molecule has 0 spiro atoms. The molecule has 0 unspecified atom stereocenters. The highest BCUT2D eigenvalue weighted by molar-refractivity contribution is 9.13. The predicted octanol–water partition coefficient (Wildman–Crippen LogP) is 8.27. The van der Waals surface area contributed by atoms with Crippen molar-refractivity contribution in [3.8, 4) is 17.6 Å². The molecule has 3 rings (SSSR count). The lowest BCUT2D eigenvalue weighted by Crippen LogP contribution is -2.13. The van der Waals surface area contributed by atoms with Crippen LogP contribution in [0.1, 0.15) is 22.3 Å². The van der Waals surface area contributed by atoms with Gasteiger partial charge in [0.15, 0.2) is 11.5 Å². The Morgan fingerprint density at radius 3 is 2.34 bits per heavy atom. The monoisotopic (exact) mass is 636 g/mol. The second kappa shape index (κ2) is 12.0. The number of carbonyl (C=O) groups is 1. The molecule has 3 aromatic carbocycles. The molecule has 0 aliphatic carbocycles. The van der Waals surface area contributed by atoms with Crippen molar-refractivity contribution < 1.29 is 14.3 Å². The smallest absolute Gasteiger partial charge is 0.266 e. The lowest BCUT2D eigenvalue weighted by atomic mass is 10.1. The maximum absolute atomic E-state index is 12.8. The highest BCUT2D eigenvalue weighted by Crippen LogP contribution is 2.44. The summed E-state index contributed by atoms with van der Waals surface area (Å²) in [5.41, 5.74) is 3.96. The SMILES string of the molecule is COc1cc(/C=C(/C#N)C(=O)Nc2cc(C)cc(C)c2)c(Br)c(Br)c1OCc1ccc(Cl)c(Cl)c1. The van der Waals surface area contributed by atoms with E-state index in [4.69, 9.17) is 32.7 Å². The number of carbonyl (C=O) groups excluding carboxylic acids is 1. The average molecular weight is 639 g/mol. The number of rotatable bonds is 7. The van der Waals surface area contributed by atoms with Crippen LogP contribution in [-0.2, 0) is 11.4 Å². The Balaban J connectivity index is 1.89. The van der Waals surface area contributed by atoms with Gasteiger partial charge < -0.3 is 14.8 Å². The molecular weight excluding hydrogens is 619 g/mol. The van der Waals surface area contributed by atoms with Gasteiger partial charge in [-0.15, -0.1) is 0 Å². The van der Waals surface area contributed by atoms with Crippen LogP contribution in [0.25, 0.3) is 6.08 Å². The third-order valence-corrected chi connectivity index (χ3v) is 7.77. The summed E-state index contributed by atoms with van der Waals surface area (Å²) in [4.78, 5) is 12.8. The Morgan fingerprint density at radius 2 is 1.74 bits per heavy atom. The molecule has 3 aromatic rings. The Labute approximate surface area is 230 Å². The first kappa shape index (κ1) is 27.1. The summed E-state index contributed by atoms with van der Waals surface area (Å²) in [5.74, 6) is 0.346. The lowest BCUT2D eigenvalue weighted by molar-refractivity contribution is -0.112. The summed E-state index contributed by atoms with van der Waals surface area (Å²) >= 11 is 19.1. The van der Waals surface area contributed by atoms with Crippen molar-refractivity contribution in [2.45, 2.75) is 20.5 Å². The number of methoxy groups -OCH3 is 1. The molecule has 1 N–H and O–H groups in total. The standard InChI is InChI=1S/C26H20Br2Cl2N2O3/c1-14-6-15(2)8-19(7-14)32-26(33)18(12-31)10-17-11-22(34-3)25(24(28)23(17)27)35-13-16-4-5-20(29)21(30)9-16/h4-11H,13H2,1-3H3,(H,32,33)/b18-10-. The van der Waals surface area contributed by atoms with Crippen LogP contribution in [0.2, 0.25) is 10.0 Å². The van der Waals surface area contributed by atoms with E-state index in [1.54, 1.807) is 18.2 Å². The van der Waals surface area contributed by atoms with Gasteiger partial charge in [-0.2, -0.15) is 5.26 Å². The largest absolute Gasteiger partial charge is 0.493 e. The van der Waals surface area contributed by atoms with Gasteiger partial charge in [0.25, 0.3) is 5.91 Å². The van der Waals surface area contributed by atoms with Gasteiger partial charge in [0.1, 0.15) is 18.2 Å². The van der Waals surface area contributed by atoms with E-state index in [1.165, 1.54) is 13.2 Å². The van der Waals surface area contributed by atoms with Gasteiger partial charge in [-0.05, 0) is 104 Å². The van der Waals surface area contributed by atoms with Gasteiger partial charge >= 0.3 is 0 Å². The number of halogens is 4. The molecule has 0 saturated heterocycles. The molecule has 0 bridgehead atoms. The molecule has 0 atom stereocenters. The topological polar surface area (TPSA) is 71.3 Å². The highest BCUT2D eigenvalue weighted by atomic mass is 79.9. The van der Waals surface area contributed by atoms with Crippen molar-refractivity contribution in [3.05, 3.63) is 89.3 Å². The summed E-state index contributed by atoms with van der Waals surface area (Å²) in [6.45, 7) is 4.10. The molecule has 0 aromatic heterocycles. The van der Waals surface area contributed by atoms with Gasteiger partial charge in [-0.3, -0.25) is 4.79 Å². The molecule has 0 radical (unpaired) electrons.